The minimum absolute atomic E-state index is 0.0692. The quantitative estimate of drug-likeness (QED) is 0.559. The van der Waals surface area contributed by atoms with E-state index in [1.165, 1.54) is 11.1 Å². The number of morpholine rings is 1. The molecule has 1 amide bonds. The van der Waals surface area contributed by atoms with Gasteiger partial charge in [0.1, 0.15) is 6.10 Å². The van der Waals surface area contributed by atoms with Crippen molar-refractivity contribution in [2.75, 3.05) is 19.7 Å². The molecule has 2 aromatic heterocycles. The summed E-state index contributed by atoms with van der Waals surface area (Å²) in [5, 5.41) is 8.08. The summed E-state index contributed by atoms with van der Waals surface area (Å²) in [4.78, 5) is 19.4. The second-order valence-electron chi connectivity index (χ2n) is 8.59. The van der Waals surface area contributed by atoms with Crippen molar-refractivity contribution in [3.8, 4) is 0 Å². The SMILES string of the molecule is Cc1cc(Cc2ccccc2)cc([C@@H]2CN(C(=O)CCc3nnc(C(C)C)o3)CCO2)n1. The van der Waals surface area contributed by atoms with Crippen molar-refractivity contribution >= 4 is 5.91 Å². The first kappa shape index (κ1) is 22.1. The zero-order valence-corrected chi connectivity index (χ0v) is 19.0. The number of ether oxygens (including phenoxy) is 1. The number of aryl methyl sites for hydroxylation is 2. The highest BCUT2D eigenvalue weighted by molar-refractivity contribution is 5.76. The van der Waals surface area contributed by atoms with Gasteiger partial charge in [-0.3, -0.25) is 9.78 Å². The van der Waals surface area contributed by atoms with Crippen LogP contribution in [0.25, 0.3) is 0 Å². The van der Waals surface area contributed by atoms with Gasteiger partial charge in [0, 0.05) is 31.0 Å². The van der Waals surface area contributed by atoms with Gasteiger partial charge in [0.25, 0.3) is 0 Å². The van der Waals surface area contributed by atoms with Gasteiger partial charge in [-0.05, 0) is 36.6 Å². The molecular formula is C25H30N4O3. The van der Waals surface area contributed by atoms with Gasteiger partial charge in [0.05, 0.1) is 18.8 Å². The Morgan fingerprint density at radius 3 is 2.72 bits per heavy atom. The molecule has 1 saturated heterocycles. The summed E-state index contributed by atoms with van der Waals surface area (Å²) >= 11 is 0. The Kier molecular flexibility index (Phi) is 6.95. The number of aromatic nitrogens is 3. The molecule has 4 rings (SSSR count). The first-order valence-corrected chi connectivity index (χ1v) is 11.2. The maximum absolute atomic E-state index is 12.8. The molecule has 0 N–H and O–H groups in total. The summed E-state index contributed by atoms with van der Waals surface area (Å²) < 4.78 is 11.6. The van der Waals surface area contributed by atoms with Crippen LogP contribution in [0.1, 0.15) is 66.6 Å². The Morgan fingerprint density at radius 2 is 1.97 bits per heavy atom. The van der Waals surface area contributed by atoms with Crippen molar-refractivity contribution in [2.45, 2.75) is 52.1 Å². The monoisotopic (exact) mass is 434 g/mol. The number of benzene rings is 1. The van der Waals surface area contributed by atoms with Crippen LogP contribution >= 0.6 is 0 Å². The van der Waals surface area contributed by atoms with Gasteiger partial charge in [-0.2, -0.15) is 0 Å². The summed E-state index contributed by atoms with van der Waals surface area (Å²) in [5.41, 5.74) is 4.29. The van der Waals surface area contributed by atoms with Crippen molar-refractivity contribution in [1.82, 2.24) is 20.1 Å². The standard InChI is InChI=1S/C25H30N4O3/c1-17(2)25-28-27-23(32-25)9-10-24(30)29-11-12-31-22(16-29)21-15-20(13-18(3)26-21)14-19-7-5-4-6-8-19/h4-8,13,15,17,22H,9-12,14,16H2,1-3H3/t22-/m0/s1. The van der Waals surface area contributed by atoms with Crippen LogP contribution in [0.15, 0.2) is 46.9 Å². The lowest BCUT2D eigenvalue weighted by Gasteiger charge is -2.33. The Labute approximate surface area is 188 Å². The van der Waals surface area contributed by atoms with E-state index in [1.54, 1.807) is 0 Å². The fourth-order valence-corrected chi connectivity index (χ4v) is 3.89. The Hall–Kier alpha value is -3.06. The highest BCUT2D eigenvalue weighted by atomic mass is 16.5. The van der Waals surface area contributed by atoms with Crippen molar-refractivity contribution in [3.05, 3.63) is 76.8 Å². The molecule has 0 radical (unpaired) electrons. The van der Waals surface area contributed by atoms with E-state index in [-0.39, 0.29) is 17.9 Å². The van der Waals surface area contributed by atoms with Crippen LogP contribution in [0.3, 0.4) is 0 Å². The lowest BCUT2D eigenvalue weighted by molar-refractivity contribution is -0.139. The third-order valence-electron chi connectivity index (χ3n) is 5.56. The lowest BCUT2D eigenvalue weighted by atomic mass is 10.0. The van der Waals surface area contributed by atoms with Gasteiger partial charge in [-0.15, -0.1) is 10.2 Å². The highest BCUT2D eigenvalue weighted by Crippen LogP contribution is 2.24. The van der Waals surface area contributed by atoms with Crippen LogP contribution in [0.4, 0.5) is 0 Å². The Balaban J connectivity index is 1.39. The lowest BCUT2D eigenvalue weighted by Crippen LogP contribution is -2.42. The number of hydrogen-bond donors (Lipinski definition) is 0. The summed E-state index contributed by atoms with van der Waals surface area (Å²) in [6, 6.07) is 14.6. The molecule has 0 aliphatic carbocycles. The van der Waals surface area contributed by atoms with Gasteiger partial charge < -0.3 is 14.1 Å². The van der Waals surface area contributed by atoms with Crippen LogP contribution in [0.5, 0.6) is 0 Å². The van der Waals surface area contributed by atoms with Gasteiger partial charge >= 0.3 is 0 Å². The number of carbonyl (C=O) groups is 1. The maximum Gasteiger partial charge on any atom is 0.223 e. The number of pyridine rings is 1. The Bertz CT molecular complexity index is 1050. The molecule has 7 nitrogen and oxygen atoms in total. The first-order valence-electron chi connectivity index (χ1n) is 11.2. The number of amides is 1. The smallest absolute Gasteiger partial charge is 0.223 e. The molecule has 32 heavy (non-hydrogen) atoms. The van der Waals surface area contributed by atoms with E-state index in [1.807, 2.05) is 31.7 Å². The van der Waals surface area contributed by atoms with Crippen molar-refractivity contribution in [2.24, 2.45) is 0 Å². The maximum atomic E-state index is 12.8. The fraction of sp³-hybridized carbons (Fsp3) is 0.440. The van der Waals surface area contributed by atoms with Gasteiger partial charge in [0.15, 0.2) is 0 Å². The minimum Gasteiger partial charge on any atom is -0.425 e. The fourth-order valence-electron chi connectivity index (χ4n) is 3.89. The van der Waals surface area contributed by atoms with Crippen LogP contribution in [0, 0.1) is 6.92 Å². The van der Waals surface area contributed by atoms with Gasteiger partial charge in [0.2, 0.25) is 17.7 Å². The van der Waals surface area contributed by atoms with Crippen molar-refractivity contribution in [1.29, 1.82) is 0 Å². The highest BCUT2D eigenvalue weighted by Gasteiger charge is 2.27. The Morgan fingerprint density at radius 1 is 1.16 bits per heavy atom. The van der Waals surface area contributed by atoms with E-state index < -0.39 is 0 Å². The van der Waals surface area contributed by atoms with E-state index in [0.717, 1.165) is 17.8 Å². The predicted octanol–water partition coefficient (Wildman–Crippen LogP) is 4.02. The van der Waals surface area contributed by atoms with E-state index in [4.69, 9.17) is 14.1 Å². The predicted molar refractivity (Wildman–Crippen MR) is 120 cm³/mol. The third-order valence-corrected chi connectivity index (χ3v) is 5.56. The molecule has 0 unspecified atom stereocenters. The number of hydrogen-bond acceptors (Lipinski definition) is 6. The molecule has 1 aliphatic rings. The van der Waals surface area contributed by atoms with E-state index >= 15 is 0 Å². The molecule has 0 spiro atoms. The van der Waals surface area contributed by atoms with E-state index in [2.05, 4.69) is 46.6 Å². The zero-order chi connectivity index (χ0) is 22.5. The van der Waals surface area contributed by atoms with Crippen LogP contribution in [-0.4, -0.2) is 45.7 Å². The average Bonchev–Trinajstić information content (AvgIpc) is 3.27. The number of nitrogens with zero attached hydrogens (tertiary/aromatic N) is 4. The third kappa shape index (κ3) is 5.59. The van der Waals surface area contributed by atoms with E-state index in [9.17, 15) is 4.79 Å². The molecular weight excluding hydrogens is 404 g/mol. The van der Waals surface area contributed by atoms with Crippen molar-refractivity contribution in [3.63, 3.8) is 0 Å². The molecule has 3 heterocycles. The molecule has 0 bridgehead atoms. The summed E-state index contributed by atoms with van der Waals surface area (Å²) in [7, 11) is 0. The summed E-state index contributed by atoms with van der Waals surface area (Å²) in [6.07, 6.45) is 1.41. The minimum atomic E-state index is -0.224. The zero-order valence-electron chi connectivity index (χ0n) is 19.0. The first-order chi connectivity index (χ1) is 15.5. The molecule has 7 heteroatoms. The van der Waals surface area contributed by atoms with Crippen LogP contribution in [0.2, 0.25) is 0 Å². The molecule has 1 aromatic carbocycles. The molecule has 1 fully saturated rings. The molecule has 168 valence electrons. The molecule has 1 atom stereocenters. The topological polar surface area (TPSA) is 81.4 Å². The second kappa shape index (κ2) is 10.0. The van der Waals surface area contributed by atoms with Crippen LogP contribution < -0.4 is 0 Å². The number of carbonyl (C=O) groups excluding carboxylic acids is 1. The normalized spacial score (nSPS) is 16.5. The molecule has 1 aliphatic heterocycles. The summed E-state index contributed by atoms with van der Waals surface area (Å²) in [6.45, 7) is 7.58. The van der Waals surface area contributed by atoms with Gasteiger partial charge in [-0.25, -0.2) is 0 Å². The summed E-state index contributed by atoms with van der Waals surface area (Å²) in [5.74, 6) is 1.37. The van der Waals surface area contributed by atoms with Crippen LogP contribution in [-0.2, 0) is 22.4 Å². The second-order valence-corrected chi connectivity index (χ2v) is 8.59. The number of rotatable bonds is 7. The average molecular weight is 435 g/mol. The van der Waals surface area contributed by atoms with E-state index in [0.29, 0.717) is 44.3 Å². The molecule has 3 aromatic rings. The molecule has 0 saturated carbocycles. The van der Waals surface area contributed by atoms with Crippen molar-refractivity contribution < 1.29 is 13.9 Å². The largest absolute Gasteiger partial charge is 0.425 e. The van der Waals surface area contributed by atoms with Gasteiger partial charge in [-0.1, -0.05) is 44.2 Å².